The van der Waals surface area contributed by atoms with E-state index in [0.717, 1.165) is 0 Å². The van der Waals surface area contributed by atoms with E-state index >= 15 is 0 Å². The van der Waals surface area contributed by atoms with E-state index in [0.29, 0.717) is 6.04 Å². The second-order valence-electron chi connectivity index (χ2n) is 5.57. The van der Waals surface area contributed by atoms with Crippen LogP contribution in [0.3, 0.4) is 0 Å². The van der Waals surface area contributed by atoms with Crippen LogP contribution < -0.4 is 5.32 Å². The van der Waals surface area contributed by atoms with Crippen LogP contribution in [-0.2, 0) is 0 Å². The summed E-state index contributed by atoms with van der Waals surface area (Å²) in [5, 5.41) is 3.27. The zero-order chi connectivity index (χ0) is 14.4. The summed E-state index contributed by atoms with van der Waals surface area (Å²) in [6.07, 6.45) is 0. The van der Waals surface area contributed by atoms with Gasteiger partial charge in [-0.1, -0.05) is 12.1 Å². The van der Waals surface area contributed by atoms with E-state index in [2.05, 4.69) is 53.4 Å². The molecule has 1 saturated heterocycles. The fraction of sp³-hybridized carbons (Fsp3) is 0.625. The molecule has 0 aromatic heterocycles. The number of hydrogen-bond donors (Lipinski definition) is 1. The number of nitrogens with zero attached hydrogens (tertiary/aromatic N) is 2. The number of hydrogen-bond acceptors (Lipinski definition) is 4. The maximum Gasteiger partial charge on any atom is 0.0289 e. The van der Waals surface area contributed by atoms with E-state index < -0.39 is 0 Å². The van der Waals surface area contributed by atoms with Crippen LogP contribution in [0.1, 0.15) is 18.5 Å². The molecule has 0 bridgehead atoms. The van der Waals surface area contributed by atoms with E-state index in [-0.39, 0.29) is 0 Å². The van der Waals surface area contributed by atoms with Gasteiger partial charge in [0.15, 0.2) is 0 Å². The van der Waals surface area contributed by atoms with Gasteiger partial charge in [-0.05, 0) is 38.7 Å². The molecular weight excluding hydrogens is 266 g/mol. The van der Waals surface area contributed by atoms with Gasteiger partial charge >= 0.3 is 0 Å². The number of piperazine rings is 1. The first-order valence-electron chi connectivity index (χ1n) is 7.50. The highest BCUT2D eigenvalue weighted by molar-refractivity contribution is 7.99. The van der Waals surface area contributed by atoms with E-state index in [9.17, 15) is 0 Å². The monoisotopic (exact) mass is 293 g/mol. The Morgan fingerprint density at radius 3 is 2.40 bits per heavy atom. The third-order valence-electron chi connectivity index (χ3n) is 4.09. The van der Waals surface area contributed by atoms with Crippen molar-refractivity contribution in [3.63, 3.8) is 0 Å². The van der Waals surface area contributed by atoms with Crippen molar-refractivity contribution in [3.8, 4) is 0 Å². The minimum atomic E-state index is 0.430. The van der Waals surface area contributed by atoms with Gasteiger partial charge < -0.3 is 10.2 Å². The van der Waals surface area contributed by atoms with Gasteiger partial charge in [0.2, 0.25) is 0 Å². The Balaban J connectivity index is 1.71. The summed E-state index contributed by atoms with van der Waals surface area (Å²) in [7, 11) is 4.21. The van der Waals surface area contributed by atoms with Crippen LogP contribution in [0.25, 0.3) is 0 Å². The Morgan fingerprint density at radius 1 is 1.15 bits per heavy atom. The molecule has 20 heavy (non-hydrogen) atoms. The summed E-state index contributed by atoms with van der Waals surface area (Å²) in [5.74, 6) is 1.19. The Kier molecular flexibility index (Phi) is 6.36. The van der Waals surface area contributed by atoms with Crippen LogP contribution in [0, 0.1) is 0 Å². The summed E-state index contributed by atoms with van der Waals surface area (Å²) < 4.78 is 0. The molecule has 2 rings (SSSR count). The van der Waals surface area contributed by atoms with Crippen LogP contribution in [0.5, 0.6) is 0 Å². The first-order valence-corrected chi connectivity index (χ1v) is 8.48. The van der Waals surface area contributed by atoms with Crippen molar-refractivity contribution >= 4 is 11.8 Å². The molecule has 1 aromatic carbocycles. The second-order valence-corrected chi connectivity index (χ2v) is 6.74. The lowest BCUT2D eigenvalue weighted by atomic mass is 10.1. The van der Waals surface area contributed by atoms with Gasteiger partial charge in [0, 0.05) is 49.4 Å². The SMILES string of the molecule is CNC(C)c1ccc(SCCN2CCN(C)CC2)cc1. The van der Waals surface area contributed by atoms with E-state index in [1.54, 1.807) is 0 Å². The normalized spacial score (nSPS) is 19.1. The molecule has 1 atom stereocenters. The largest absolute Gasteiger partial charge is 0.313 e. The molecule has 1 aliphatic heterocycles. The van der Waals surface area contributed by atoms with E-state index in [1.165, 1.54) is 48.9 Å². The van der Waals surface area contributed by atoms with Crippen LogP contribution in [0.4, 0.5) is 0 Å². The standard InChI is InChI=1S/C16H27N3S/c1-14(17-2)15-4-6-16(7-5-15)20-13-12-19-10-8-18(3)9-11-19/h4-7,14,17H,8-13H2,1-3H3. The van der Waals surface area contributed by atoms with Gasteiger partial charge in [-0.3, -0.25) is 4.90 Å². The fourth-order valence-corrected chi connectivity index (χ4v) is 3.30. The molecule has 0 amide bonds. The molecule has 0 saturated carbocycles. The topological polar surface area (TPSA) is 18.5 Å². The van der Waals surface area contributed by atoms with Crippen LogP contribution in [0.2, 0.25) is 0 Å². The van der Waals surface area contributed by atoms with Crippen LogP contribution >= 0.6 is 11.8 Å². The molecule has 1 aromatic rings. The number of likely N-dealkylation sites (N-methyl/N-ethyl adjacent to an activating group) is 1. The van der Waals surface area contributed by atoms with Crippen LogP contribution in [-0.4, -0.2) is 62.4 Å². The lowest BCUT2D eigenvalue weighted by molar-refractivity contribution is 0.161. The average Bonchev–Trinajstić information content (AvgIpc) is 2.49. The van der Waals surface area contributed by atoms with Gasteiger partial charge in [-0.2, -0.15) is 0 Å². The van der Waals surface area contributed by atoms with Crippen molar-refractivity contribution < 1.29 is 0 Å². The third kappa shape index (κ3) is 4.77. The number of benzene rings is 1. The number of rotatable bonds is 6. The zero-order valence-corrected chi connectivity index (χ0v) is 13.7. The lowest BCUT2D eigenvalue weighted by Crippen LogP contribution is -2.45. The maximum absolute atomic E-state index is 3.27. The molecule has 1 N–H and O–H groups in total. The number of thioether (sulfide) groups is 1. The summed E-state index contributed by atoms with van der Waals surface area (Å²) in [6, 6.07) is 9.40. The Labute approximate surface area is 127 Å². The highest BCUT2D eigenvalue weighted by Crippen LogP contribution is 2.21. The van der Waals surface area contributed by atoms with Crippen LogP contribution in [0.15, 0.2) is 29.2 Å². The minimum Gasteiger partial charge on any atom is -0.313 e. The molecule has 0 radical (unpaired) electrons. The molecule has 4 heteroatoms. The predicted octanol–water partition coefficient (Wildman–Crippen LogP) is 2.31. The quantitative estimate of drug-likeness (QED) is 0.811. The summed E-state index contributed by atoms with van der Waals surface area (Å²) in [5.41, 5.74) is 1.36. The smallest absolute Gasteiger partial charge is 0.0289 e. The van der Waals surface area contributed by atoms with Crippen molar-refractivity contribution in [1.82, 2.24) is 15.1 Å². The Hall–Kier alpha value is -0.550. The average molecular weight is 293 g/mol. The van der Waals surface area contributed by atoms with Gasteiger partial charge in [-0.25, -0.2) is 0 Å². The van der Waals surface area contributed by atoms with Crippen molar-refractivity contribution in [1.29, 1.82) is 0 Å². The second kappa shape index (κ2) is 8.03. The Bertz CT molecular complexity index is 385. The molecule has 1 heterocycles. The van der Waals surface area contributed by atoms with E-state index in [4.69, 9.17) is 0 Å². The zero-order valence-electron chi connectivity index (χ0n) is 12.9. The first-order chi connectivity index (χ1) is 9.69. The highest BCUT2D eigenvalue weighted by atomic mass is 32.2. The van der Waals surface area contributed by atoms with Crippen molar-refractivity contribution in [3.05, 3.63) is 29.8 Å². The summed E-state index contributed by atoms with van der Waals surface area (Å²) >= 11 is 1.97. The van der Waals surface area contributed by atoms with Gasteiger partial charge in [0.1, 0.15) is 0 Å². The third-order valence-corrected chi connectivity index (χ3v) is 5.08. The minimum absolute atomic E-state index is 0.430. The van der Waals surface area contributed by atoms with Crippen molar-refractivity contribution in [2.45, 2.75) is 17.9 Å². The van der Waals surface area contributed by atoms with E-state index in [1.807, 2.05) is 18.8 Å². The molecule has 0 spiro atoms. The molecule has 0 aliphatic carbocycles. The van der Waals surface area contributed by atoms with Crippen molar-refractivity contribution in [2.75, 3.05) is 52.6 Å². The lowest BCUT2D eigenvalue weighted by Gasteiger charge is -2.32. The summed E-state index contributed by atoms with van der Waals surface area (Å²) in [4.78, 5) is 6.36. The number of nitrogens with one attached hydrogen (secondary N) is 1. The maximum atomic E-state index is 3.27. The summed E-state index contributed by atoms with van der Waals surface area (Å²) in [6.45, 7) is 8.25. The molecule has 3 nitrogen and oxygen atoms in total. The van der Waals surface area contributed by atoms with Gasteiger partial charge in [-0.15, -0.1) is 11.8 Å². The molecule has 1 unspecified atom stereocenters. The molecular formula is C16H27N3S. The molecule has 112 valence electrons. The first kappa shape index (κ1) is 15.8. The van der Waals surface area contributed by atoms with Gasteiger partial charge in [0.25, 0.3) is 0 Å². The Morgan fingerprint density at radius 2 is 1.80 bits per heavy atom. The fourth-order valence-electron chi connectivity index (χ4n) is 2.38. The van der Waals surface area contributed by atoms with Gasteiger partial charge in [0.05, 0.1) is 0 Å². The molecule has 1 aliphatic rings. The molecule has 1 fully saturated rings. The highest BCUT2D eigenvalue weighted by Gasteiger charge is 2.12. The van der Waals surface area contributed by atoms with Crippen molar-refractivity contribution in [2.24, 2.45) is 0 Å². The predicted molar refractivity (Wildman–Crippen MR) is 88.6 cm³/mol.